The monoisotopic (exact) mass is 414 g/mol. The Balaban J connectivity index is 1.79. The van der Waals surface area contributed by atoms with E-state index in [1.807, 2.05) is 24.5 Å². The Bertz CT molecular complexity index is 1080. The molecule has 0 aliphatic heterocycles. The molecule has 144 valence electrons. The lowest BCUT2D eigenvalue weighted by Gasteiger charge is -2.08. The maximum Gasteiger partial charge on any atom is 0.257 e. The number of nitrogens with zero attached hydrogens (tertiary/aromatic N) is 1. The van der Waals surface area contributed by atoms with Crippen LogP contribution in [0.25, 0.3) is 0 Å². The van der Waals surface area contributed by atoms with E-state index in [-0.39, 0.29) is 21.4 Å². The van der Waals surface area contributed by atoms with Crippen molar-refractivity contribution < 1.29 is 17.9 Å². The molecule has 0 spiro atoms. The molecule has 0 radical (unpaired) electrons. The third-order valence-electron chi connectivity index (χ3n) is 3.97. The Hall–Kier alpha value is -2.84. The minimum Gasteiger partial charge on any atom is -0.497 e. The number of hydrogen-bond acceptors (Lipinski definition) is 6. The summed E-state index contributed by atoms with van der Waals surface area (Å²) in [6, 6.07) is 16.3. The van der Waals surface area contributed by atoms with Crippen molar-refractivity contribution in [2.75, 3.05) is 18.7 Å². The molecule has 28 heavy (non-hydrogen) atoms. The van der Waals surface area contributed by atoms with E-state index in [1.54, 1.807) is 30.0 Å². The molecule has 0 bridgehead atoms. The van der Waals surface area contributed by atoms with E-state index in [0.717, 1.165) is 4.90 Å². The number of methoxy groups -OCH3 is 1. The molecule has 1 aromatic heterocycles. The molecule has 0 unspecified atom stereocenters. The van der Waals surface area contributed by atoms with Crippen LogP contribution in [0.1, 0.15) is 10.4 Å². The number of benzene rings is 2. The lowest BCUT2D eigenvalue weighted by atomic mass is 10.2. The molecule has 2 aromatic carbocycles. The van der Waals surface area contributed by atoms with Gasteiger partial charge in [-0.15, -0.1) is 11.8 Å². The summed E-state index contributed by atoms with van der Waals surface area (Å²) in [5.41, 5.74) is 0.926. The van der Waals surface area contributed by atoms with Crippen LogP contribution in [0.3, 0.4) is 0 Å². The number of nitrogens with one attached hydrogen (secondary N) is 1. The molecule has 8 heteroatoms. The first kappa shape index (κ1) is 19.9. The second-order valence-electron chi connectivity index (χ2n) is 5.75. The first-order valence-electron chi connectivity index (χ1n) is 8.24. The van der Waals surface area contributed by atoms with Gasteiger partial charge in [0.25, 0.3) is 5.91 Å². The zero-order valence-electron chi connectivity index (χ0n) is 15.2. The van der Waals surface area contributed by atoms with Crippen LogP contribution in [0.5, 0.6) is 5.75 Å². The predicted molar refractivity (Wildman–Crippen MR) is 109 cm³/mol. The summed E-state index contributed by atoms with van der Waals surface area (Å²) in [6.07, 6.45) is 3.21. The first-order valence-corrected chi connectivity index (χ1v) is 11.0. The van der Waals surface area contributed by atoms with Gasteiger partial charge in [0, 0.05) is 16.8 Å². The van der Waals surface area contributed by atoms with Gasteiger partial charge in [-0.25, -0.2) is 13.4 Å². The molecule has 0 atom stereocenters. The van der Waals surface area contributed by atoms with Crippen molar-refractivity contribution in [3.05, 3.63) is 72.4 Å². The summed E-state index contributed by atoms with van der Waals surface area (Å²) in [7, 11) is -2.27. The molecule has 3 rings (SSSR count). The van der Waals surface area contributed by atoms with Crippen molar-refractivity contribution in [3.8, 4) is 5.75 Å². The molecule has 0 saturated heterocycles. The van der Waals surface area contributed by atoms with E-state index in [0.29, 0.717) is 11.4 Å². The largest absolute Gasteiger partial charge is 0.497 e. The van der Waals surface area contributed by atoms with Gasteiger partial charge in [-0.05, 0) is 60.9 Å². The number of sulfone groups is 1. The van der Waals surface area contributed by atoms with Crippen molar-refractivity contribution in [2.24, 2.45) is 0 Å². The van der Waals surface area contributed by atoms with Gasteiger partial charge in [0.15, 0.2) is 5.03 Å². The molecule has 0 fully saturated rings. The van der Waals surface area contributed by atoms with Gasteiger partial charge < -0.3 is 10.1 Å². The zero-order chi connectivity index (χ0) is 20.1. The average Bonchev–Trinajstić information content (AvgIpc) is 2.74. The Labute approximate surface area is 167 Å². The lowest BCUT2D eigenvalue weighted by Crippen LogP contribution is -2.13. The van der Waals surface area contributed by atoms with E-state index in [9.17, 15) is 13.2 Å². The number of ether oxygens (including phenoxy) is 1. The maximum atomic E-state index is 12.7. The summed E-state index contributed by atoms with van der Waals surface area (Å²) >= 11 is 1.57. The lowest BCUT2D eigenvalue weighted by molar-refractivity contribution is 0.102. The highest BCUT2D eigenvalue weighted by molar-refractivity contribution is 7.98. The molecule has 6 nitrogen and oxygen atoms in total. The second-order valence-corrected chi connectivity index (χ2v) is 8.53. The van der Waals surface area contributed by atoms with Crippen LogP contribution in [0.4, 0.5) is 5.69 Å². The summed E-state index contributed by atoms with van der Waals surface area (Å²) < 4.78 is 30.4. The third kappa shape index (κ3) is 4.35. The van der Waals surface area contributed by atoms with Crippen LogP contribution in [-0.4, -0.2) is 32.7 Å². The van der Waals surface area contributed by atoms with Gasteiger partial charge in [0.1, 0.15) is 5.75 Å². The average molecular weight is 415 g/mol. The summed E-state index contributed by atoms with van der Waals surface area (Å²) in [5, 5.41) is 2.65. The smallest absolute Gasteiger partial charge is 0.257 e. The van der Waals surface area contributed by atoms with Crippen LogP contribution in [-0.2, 0) is 9.84 Å². The van der Waals surface area contributed by atoms with Crippen LogP contribution in [0, 0.1) is 0 Å². The minimum absolute atomic E-state index is 0.104. The Morgan fingerprint density at radius 1 is 1.07 bits per heavy atom. The number of anilines is 1. The highest BCUT2D eigenvalue weighted by Crippen LogP contribution is 2.22. The summed E-state index contributed by atoms with van der Waals surface area (Å²) in [4.78, 5) is 17.5. The third-order valence-corrected chi connectivity index (χ3v) is 6.38. The zero-order valence-corrected chi connectivity index (χ0v) is 16.9. The van der Waals surface area contributed by atoms with Crippen molar-refractivity contribution in [2.45, 2.75) is 14.8 Å². The number of aromatic nitrogens is 1. The molecular weight excluding hydrogens is 396 g/mol. The van der Waals surface area contributed by atoms with E-state index >= 15 is 0 Å². The van der Waals surface area contributed by atoms with Crippen molar-refractivity contribution in [3.63, 3.8) is 0 Å². The molecule has 0 aliphatic carbocycles. The quantitative estimate of drug-likeness (QED) is 0.616. The minimum atomic E-state index is -3.78. The van der Waals surface area contributed by atoms with Gasteiger partial charge in [-0.1, -0.05) is 6.07 Å². The molecular formula is C20H18N2O4S2. The molecule has 1 amide bonds. The highest BCUT2D eigenvalue weighted by Gasteiger charge is 2.20. The molecule has 1 heterocycles. The Morgan fingerprint density at radius 3 is 2.43 bits per heavy atom. The number of thioether (sulfide) groups is 1. The normalized spacial score (nSPS) is 11.1. The second kappa shape index (κ2) is 8.45. The van der Waals surface area contributed by atoms with Gasteiger partial charge in [-0.2, -0.15) is 0 Å². The maximum absolute atomic E-state index is 12.7. The standard InChI is InChI=1S/C20H18N2O4S2/c1-26-16-7-9-18(10-8-16)28(24,25)19-11-6-14(13-21-19)20(23)22-15-4-3-5-17(12-15)27-2/h3-13H,1-2H3,(H,22,23). The number of pyridine rings is 1. The fourth-order valence-corrected chi connectivity index (χ4v) is 4.09. The van der Waals surface area contributed by atoms with Crippen LogP contribution in [0.2, 0.25) is 0 Å². The number of rotatable bonds is 6. The highest BCUT2D eigenvalue weighted by atomic mass is 32.2. The molecule has 3 aromatic rings. The predicted octanol–water partition coefficient (Wildman–Crippen LogP) is 3.90. The number of hydrogen-bond donors (Lipinski definition) is 1. The van der Waals surface area contributed by atoms with Crippen LogP contribution < -0.4 is 10.1 Å². The van der Waals surface area contributed by atoms with E-state index < -0.39 is 9.84 Å². The van der Waals surface area contributed by atoms with Crippen molar-refractivity contribution in [1.29, 1.82) is 0 Å². The SMILES string of the molecule is COc1ccc(S(=O)(=O)c2ccc(C(=O)Nc3cccc(SC)c3)cn2)cc1. The van der Waals surface area contributed by atoms with E-state index in [1.165, 1.54) is 37.6 Å². The molecule has 0 saturated carbocycles. The van der Waals surface area contributed by atoms with E-state index in [2.05, 4.69) is 10.3 Å². The van der Waals surface area contributed by atoms with Crippen molar-refractivity contribution in [1.82, 2.24) is 4.98 Å². The topological polar surface area (TPSA) is 85.4 Å². The van der Waals surface area contributed by atoms with Crippen LogP contribution >= 0.6 is 11.8 Å². The van der Waals surface area contributed by atoms with Gasteiger partial charge in [0.05, 0.1) is 17.6 Å². The number of carbonyl (C=O) groups is 1. The Morgan fingerprint density at radius 2 is 1.82 bits per heavy atom. The van der Waals surface area contributed by atoms with Gasteiger partial charge in [-0.3, -0.25) is 4.79 Å². The number of carbonyl (C=O) groups excluding carboxylic acids is 1. The summed E-state index contributed by atoms with van der Waals surface area (Å²) in [5.74, 6) is 0.198. The fourth-order valence-electron chi connectivity index (χ4n) is 2.45. The number of amides is 1. The Kier molecular flexibility index (Phi) is 6.01. The summed E-state index contributed by atoms with van der Waals surface area (Å²) in [6.45, 7) is 0. The van der Waals surface area contributed by atoms with Crippen molar-refractivity contribution >= 4 is 33.2 Å². The molecule has 1 N–H and O–H groups in total. The first-order chi connectivity index (χ1) is 13.4. The van der Waals surface area contributed by atoms with Gasteiger partial charge >= 0.3 is 0 Å². The van der Waals surface area contributed by atoms with Crippen LogP contribution in [0.15, 0.2) is 81.7 Å². The molecule has 0 aliphatic rings. The van der Waals surface area contributed by atoms with E-state index in [4.69, 9.17) is 4.74 Å². The fraction of sp³-hybridized carbons (Fsp3) is 0.100. The van der Waals surface area contributed by atoms with Gasteiger partial charge in [0.2, 0.25) is 9.84 Å².